The third kappa shape index (κ3) is 3.00. The number of hydrogen-bond acceptors (Lipinski definition) is 2. The van der Waals surface area contributed by atoms with E-state index in [0.717, 1.165) is 22.3 Å². The minimum absolute atomic E-state index is 0.470. The molecule has 3 aromatic carbocycles. The number of nitrogens with one attached hydrogen (secondary N) is 1. The maximum Gasteiger partial charge on any atom is 0.274 e. The molecule has 0 saturated heterocycles. The van der Waals surface area contributed by atoms with Crippen molar-refractivity contribution in [3.05, 3.63) is 83.9 Å². The number of amides is 1. The third-order valence-corrected chi connectivity index (χ3v) is 3.98. The van der Waals surface area contributed by atoms with Gasteiger partial charge in [-0.3, -0.25) is 10.0 Å². The van der Waals surface area contributed by atoms with E-state index >= 15 is 0 Å². The first kappa shape index (κ1) is 15.0. The van der Waals surface area contributed by atoms with Crippen LogP contribution in [0.4, 0.5) is 0 Å². The maximum absolute atomic E-state index is 11.7. The highest BCUT2D eigenvalue weighted by Gasteiger charge is 2.12. The molecule has 0 saturated carbocycles. The minimum atomic E-state index is -0.495. The van der Waals surface area contributed by atoms with Gasteiger partial charge in [-0.05, 0) is 40.8 Å². The topological polar surface area (TPSA) is 49.3 Å². The Balaban J connectivity index is 1.99. The van der Waals surface area contributed by atoms with E-state index in [-0.39, 0.29) is 0 Å². The van der Waals surface area contributed by atoms with Gasteiger partial charge in [0.1, 0.15) is 0 Å². The Bertz CT molecular complexity index is 824. The first-order valence-corrected chi connectivity index (χ1v) is 7.40. The standard InChI is InChI=1S/C20H17NO2/c1-14-18(8-5-9-19(14)20(22)21-23)17-12-10-16(11-13-17)15-6-3-2-4-7-15/h2-13,23H,1H3,(H,21,22). The molecule has 0 aromatic heterocycles. The predicted molar refractivity (Wildman–Crippen MR) is 91.3 cm³/mol. The molecule has 0 radical (unpaired) electrons. The lowest BCUT2D eigenvalue weighted by atomic mass is 9.94. The second-order valence-corrected chi connectivity index (χ2v) is 5.36. The average Bonchev–Trinajstić information content (AvgIpc) is 2.62. The van der Waals surface area contributed by atoms with Crippen molar-refractivity contribution in [1.82, 2.24) is 5.48 Å². The van der Waals surface area contributed by atoms with Gasteiger partial charge < -0.3 is 0 Å². The molecular weight excluding hydrogens is 286 g/mol. The SMILES string of the molecule is Cc1c(C(=O)NO)cccc1-c1ccc(-c2ccccc2)cc1. The summed E-state index contributed by atoms with van der Waals surface area (Å²) >= 11 is 0. The van der Waals surface area contributed by atoms with Crippen LogP contribution in [-0.4, -0.2) is 11.1 Å². The van der Waals surface area contributed by atoms with Crippen LogP contribution in [0.15, 0.2) is 72.8 Å². The van der Waals surface area contributed by atoms with Crippen molar-refractivity contribution >= 4 is 5.91 Å². The highest BCUT2D eigenvalue weighted by atomic mass is 16.5. The lowest BCUT2D eigenvalue weighted by molar-refractivity contribution is 0.0705. The molecule has 23 heavy (non-hydrogen) atoms. The summed E-state index contributed by atoms with van der Waals surface area (Å²) in [5, 5.41) is 8.84. The van der Waals surface area contributed by atoms with Crippen molar-refractivity contribution in [3.63, 3.8) is 0 Å². The number of rotatable bonds is 3. The fourth-order valence-electron chi connectivity index (χ4n) is 2.73. The Kier molecular flexibility index (Phi) is 4.22. The number of hydrogen-bond donors (Lipinski definition) is 2. The Morgan fingerprint density at radius 2 is 1.39 bits per heavy atom. The summed E-state index contributed by atoms with van der Waals surface area (Å²) in [5.41, 5.74) is 7.34. The highest BCUT2D eigenvalue weighted by Crippen LogP contribution is 2.28. The Morgan fingerprint density at radius 3 is 2.04 bits per heavy atom. The van der Waals surface area contributed by atoms with Crippen LogP contribution < -0.4 is 5.48 Å². The first-order chi connectivity index (χ1) is 11.2. The van der Waals surface area contributed by atoms with E-state index in [1.54, 1.807) is 11.5 Å². The average molecular weight is 303 g/mol. The molecular formula is C20H17NO2. The fourth-order valence-corrected chi connectivity index (χ4v) is 2.73. The first-order valence-electron chi connectivity index (χ1n) is 7.40. The van der Waals surface area contributed by atoms with Gasteiger partial charge in [-0.1, -0.05) is 66.7 Å². The van der Waals surface area contributed by atoms with Crippen LogP contribution in [0.3, 0.4) is 0 Å². The molecule has 0 spiro atoms. The van der Waals surface area contributed by atoms with Crippen LogP contribution in [0.5, 0.6) is 0 Å². The zero-order chi connectivity index (χ0) is 16.2. The van der Waals surface area contributed by atoms with Gasteiger partial charge in [0.2, 0.25) is 0 Å². The van der Waals surface area contributed by atoms with Gasteiger partial charge in [-0.25, -0.2) is 5.48 Å². The van der Waals surface area contributed by atoms with Gasteiger partial charge in [0, 0.05) is 5.56 Å². The largest absolute Gasteiger partial charge is 0.288 e. The smallest absolute Gasteiger partial charge is 0.274 e. The number of hydroxylamine groups is 1. The predicted octanol–water partition coefficient (Wildman–Crippen LogP) is 4.45. The van der Waals surface area contributed by atoms with E-state index < -0.39 is 5.91 Å². The van der Waals surface area contributed by atoms with E-state index in [9.17, 15) is 4.79 Å². The molecule has 0 aliphatic heterocycles. The van der Waals surface area contributed by atoms with Crippen molar-refractivity contribution in [1.29, 1.82) is 0 Å². The third-order valence-electron chi connectivity index (χ3n) is 3.98. The van der Waals surface area contributed by atoms with Crippen LogP contribution in [0, 0.1) is 6.92 Å². The quantitative estimate of drug-likeness (QED) is 0.555. The molecule has 114 valence electrons. The van der Waals surface area contributed by atoms with Crippen molar-refractivity contribution in [2.45, 2.75) is 6.92 Å². The molecule has 2 N–H and O–H groups in total. The van der Waals surface area contributed by atoms with E-state index in [4.69, 9.17) is 5.21 Å². The molecule has 3 nitrogen and oxygen atoms in total. The Hall–Kier alpha value is -2.91. The normalized spacial score (nSPS) is 10.3. The van der Waals surface area contributed by atoms with Crippen molar-refractivity contribution in [2.24, 2.45) is 0 Å². The lowest BCUT2D eigenvalue weighted by Crippen LogP contribution is -2.19. The summed E-state index contributed by atoms with van der Waals surface area (Å²) in [6.07, 6.45) is 0. The van der Waals surface area contributed by atoms with Gasteiger partial charge in [0.15, 0.2) is 0 Å². The van der Waals surface area contributed by atoms with E-state index in [1.165, 1.54) is 5.56 Å². The fraction of sp³-hybridized carbons (Fsp3) is 0.0500. The summed E-state index contributed by atoms with van der Waals surface area (Å²) < 4.78 is 0. The summed E-state index contributed by atoms with van der Waals surface area (Å²) in [7, 11) is 0. The monoisotopic (exact) mass is 303 g/mol. The van der Waals surface area contributed by atoms with Crippen LogP contribution in [0.1, 0.15) is 15.9 Å². The maximum atomic E-state index is 11.7. The van der Waals surface area contributed by atoms with Crippen LogP contribution in [-0.2, 0) is 0 Å². The van der Waals surface area contributed by atoms with Gasteiger partial charge in [-0.15, -0.1) is 0 Å². The summed E-state index contributed by atoms with van der Waals surface area (Å²) in [6, 6.07) is 23.9. The van der Waals surface area contributed by atoms with E-state index in [0.29, 0.717) is 5.56 Å². The number of benzene rings is 3. The van der Waals surface area contributed by atoms with Crippen LogP contribution >= 0.6 is 0 Å². The number of carbonyl (C=O) groups is 1. The zero-order valence-corrected chi connectivity index (χ0v) is 12.8. The zero-order valence-electron chi connectivity index (χ0n) is 12.8. The van der Waals surface area contributed by atoms with Crippen molar-refractivity contribution in [2.75, 3.05) is 0 Å². The molecule has 3 rings (SSSR count). The molecule has 0 heterocycles. The molecule has 0 aliphatic carbocycles. The number of carbonyl (C=O) groups excluding carboxylic acids is 1. The molecule has 3 heteroatoms. The second-order valence-electron chi connectivity index (χ2n) is 5.36. The molecule has 0 fully saturated rings. The van der Waals surface area contributed by atoms with Gasteiger partial charge in [-0.2, -0.15) is 0 Å². The van der Waals surface area contributed by atoms with Crippen LogP contribution in [0.2, 0.25) is 0 Å². The highest BCUT2D eigenvalue weighted by molar-refractivity contribution is 5.96. The van der Waals surface area contributed by atoms with Gasteiger partial charge in [0.05, 0.1) is 0 Å². The van der Waals surface area contributed by atoms with Crippen molar-refractivity contribution < 1.29 is 10.0 Å². The van der Waals surface area contributed by atoms with Crippen molar-refractivity contribution in [3.8, 4) is 22.3 Å². The van der Waals surface area contributed by atoms with Crippen LogP contribution in [0.25, 0.3) is 22.3 Å². The molecule has 0 bridgehead atoms. The Labute approximate surface area is 135 Å². The lowest BCUT2D eigenvalue weighted by Gasteiger charge is -2.11. The minimum Gasteiger partial charge on any atom is -0.288 e. The van der Waals surface area contributed by atoms with E-state index in [2.05, 4.69) is 24.3 Å². The second kappa shape index (κ2) is 6.46. The molecule has 0 aliphatic rings. The molecule has 1 amide bonds. The molecule has 3 aromatic rings. The van der Waals surface area contributed by atoms with E-state index in [1.807, 2.05) is 49.4 Å². The van der Waals surface area contributed by atoms with Gasteiger partial charge in [0.25, 0.3) is 5.91 Å². The summed E-state index contributed by atoms with van der Waals surface area (Å²) in [6.45, 7) is 1.88. The summed E-state index contributed by atoms with van der Waals surface area (Å²) in [5.74, 6) is -0.495. The van der Waals surface area contributed by atoms with Gasteiger partial charge >= 0.3 is 0 Å². The summed E-state index contributed by atoms with van der Waals surface area (Å²) in [4.78, 5) is 11.7. The Morgan fingerprint density at radius 1 is 0.783 bits per heavy atom. The molecule has 0 atom stereocenters. The molecule has 0 unspecified atom stereocenters.